The standard InChI is InChI=1S/C23H29BrO4/c1-3-16(25)11-27-22-18-8-7-15(24)10-19(18)23(28-12-17(26)4-2)21-14-6-5-13(9-14)20(21)22/h7-8,10,13-14,16-17,25-26H,3-6,9,11-12H2,1-2H3. The lowest BCUT2D eigenvalue weighted by Gasteiger charge is -2.26. The number of rotatable bonds is 8. The molecular formula is C23H29BrO4. The summed E-state index contributed by atoms with van der Waals surface area (Å²) >= 11 is 3.59. The van der Waals surface area contributed by atoms with Crippen LogP contribution in [0.4, 0.5) is 0 Å². The molecule has 4 rings (SSSR count). The van der Waals surface area contributed by atoms with Gasteiger partial charge in [-0.3, -0.25) is 0 Å². The number of hydrogen-bond donors (Lipinski definition) is 2. The Balaban J connectivity index is 1.86. The summed E-state index contributed by atoms with van der Waals surface area (Å²) in [6.45, 7) is 4.54. The fraction of sp³-hybridized carbons (Fsp3) is 0.565. The van der Waals surface area contributed by atoms with Crippen molar-refractivity contribution in [2.24, 2.45) is 0 Å². The van der Waals surface area contributed by atoms with Crippen molar-refractivity contribution in [3.05, 3.63) is 33.8 Å². The van der Waals surface area contributed by atoms with Crippen molar-refractivity contribution < 1.29 is 19.7 Å². The predicted octanol–water partition coefficient (Wildman–Crippen LogP) is 5.27. The van der Waals surface area contributed by atoms with Crippen LogP contribution < -0.4 is 9.47 Å². The average Bonchev–Trinajstić information content (AvgIpc) is 3.32. The first-order chi connectivity index (χ1) is 13.5. The van der Waals surface area contributed by atoms with Gasteiger partial charge in [0.15, 0.2) is 0 Å². The summed E-state index contributed by atoms with van der Waals surface area (Å²) in [6, 6.07) is 6.18. The van der Waals surface area contributed by atoms with E-state index >= 15 is 0 Å². The van der Waals surface area contributed by atoms with E-state index in [1.54, 1.807) is 0 Å². The molecule has 0 spiro atoms. The monoisotopic (exact) mass is 448 g/mol. The summed E-state index contributed by atoms with van der Waals surface area (Å²) in [6.07, 6.45) is 3.93. The van der Waals surface area contributed by atoms with E-state index in [-0.39, 0.29) is 0 Å². The maximum atomic E-state index is 10.1. The SMILES string of the molecule is CCC(O)COc1c2c(c(OCC(O)CC)c3cc(Br)ccc13)C1CCC2C1. The number of halogens is 1. The predicted molar refractivity (Wildman–Crippen MR) is 115 cm³/mol. The Morgan fingerprint density at radius 3 is 2.00 bits per heavy atom. The maximum Gasteiger partial charge on any atom is 0.131 e. The van der Waals surface area contributed by atoms with Crippen LogP contribution in [0.3, 0.4) is 0 Å². The molecule has 28 heavy (non-hydrogen) atoms. The third-order valence-electron chi connectivity index (χ3n) is 6.28. The van der Waals surface area contributed by atoms with Gasteiger partial charge >= 0.3 is 0 Å². The van der Waals surface area contributed by atoms with Crippen LogP contribution in [-0.4, -0.2) is 35.6 Å². The van der Waals surface area contributed by atoms with Crippen LogP contribution in [0.2, 0.25) is 0 Å². The summed E-state index contributed by atoms with van der Waals surface area (Å²) in [4.78, 5) is 0. The second-order valence-electron chi connectivity index (χ2n) is 8.13. The van der Waals surface area contributed by atoms with Crippen molar-refractivity contribution >= 4 is 26.7 Å². The molecule has 0 radical (unpaired) electrons. The molecule has 2 aromatic carbocycles. The number of fused-ring (bicyclic) bond motifs is 6. The smallest absolute Gasteiger partial charge is 0.131 e. The molecule has 0 aliphatic heterocycles. The normalized spacial score (nSPS) is 22.3. The maximum absolute atomic E-state index is 10.1. The van der Waals surface area contributed by atoms with E-state index in [2.05, 4.69) is 28.1 Å². The topological polar surface area (TPSA) is 58.9 Å². The minimum Gasteiger partial charge on any atom is -0.490 e. The summed E-state index contributed by atoms with van der Waals surface area (Å²) in [5.74, 6) is 2.82. The molecule has 4 nitrogen and oxygen atoms in total. The van der Waals surface area contributed by atoms with Gasteiger partial charge in [0.25, 0.3) is 0 Å². The highest BCUT2D eigenvalue weighted by Gasteiger charge is 2.43. The first kappa shape index (κ1) is 20.0. The van der Waals surface area contributed by atoms with Crippen molar-refractivity contribution in [2.45, 2.75) is 70.0 Å². The van der Waals surface area contributed by atoms with Gasteiger partial charge in [-0.25, -0.2) is 0 Å². The molecule has 1 fully saturated rings. The van der Waals surface area contributed by atoms with Crippen LogP contribution in [0.25, 0.3) is 10.8 Å². The molecule has 0 aromatic heterocycles. The molecule has 152 valence electrons. The van der Waals surface area contributed by atoms with Crippen molar-refractivity contribution in [1.29, 1.82) is 0 Å². The van der Waals surface area contributed by atoms with Crippen LogP contribution in [0, 0.1) is 0 Å². The molecule has 4 atom stereocenters. The Bertz CT molecular complexity index is 866. The Morgan fingerprint density at radius 2 is 1.46 bits per heavy atom. The molecule has 2 bridgehead atoms. The van der Waals surface area contributed by atoms with Gasteiger partial charge in [0, 0.05) is 26.4 Å². The van der Waals surface area contributed by atoms with E-state index in [9.17, 15) is 10.2 Å². The van der Waals surface area contributed by atoms with E-state index in [4.69, 9.17) is 9.47 Å². The van der Waals surface area contributed by atoms with Crippen molar-refractivity contribution in [2.75, 3.05) is 13.2 Å². The first-order valence-electron chi connectivity index (χ1n) is 10.4. The highest BCUT2D eigenvalue weighted by Crippen LogP contribution is 2.61. The van der Waals surface area contributed by atoms with Gasteiger partial charge in [-0.05, 0) is 62.1 Å². The Morgan fingerprint density at radius 1 is 0.929 bits per heavy atom. The van der Waals surface area contributed by atoms with Gasteiger partial charge in [-0.15, -0.1) is 0 Å². The minimum atomic E-state index is -0.466. The summed E-state index contributed by atoms with van der Waals surface area (Å²) < 4.78 is 13.5. The summed E-state index contributed by atoms with van der Waals surface area (Å²) in [7, 11) is 0. The van der Waals surface area contributed by atoms with Crippen molar-refractivity contribution in [3.8, 4) is 11.5 Å². The van der Waals surface area contributed by atoms with Crippen LogP contribution >= 0.6 is 15.9 Å². The fourth-order valence-corrected chi connectivity index (χ4v) is 5.02. The number of hydrogen-bond acceptors (Lipinski definition) is 4. The summed E-state index contributed by atoms with van der Waals surface area (Å²) in [5.41, 5.74) is 2.54. The third-order valence-corrected chi connectivity index (χ3v) is 6.78. The largest absolute Gasteiger partial charge is 0.490 e. The molecule has 0 saturated heterocycles. The molecule has 2 aliphatic carbocycles. The molecule has 2 aliphatic rings. The van der Waals surface area contributed by atoms with Crippen LogP contribution in [0.1, 0.15) is 68.9 Å². The molecule has 2 N–H and O–H groups in total. The van der Waals surface area contributed by atoms with Gasteiger partial charge in [0.05, 0.1) is 12.2 Å². The molecule has 2 aromatic rings. The van der Waals surface area contributed by atoms with E-state index in [0.717, 1.165) is 33.2 Å². The lowest BCUT2D eigenvalue weighted by atomic mass is 9.87. The number of aliphatic hydroxyl groups excluding tert-OH is 2. The van der Waals surface area contributed by atoms with Gasteiger partial charge in [-0.2, -0.15) is 0 Å². The van der Waals surface area contributed by atoms with E-state index in [1.165, 1.54) is 24.0 Å². The van der Waals surface area contributed by atoms with E-state index in [0.29, 0.717) is 37.9 Å². The van der Waals surface area contributed by atoms with Gasteiger partial charge in [0.1, 0.15) is 24.7 Å². The zero-order valence-electron chi connectivity index (χ0n) is 16.6. The average molecular weight is 449 g/mol. The molecule has 4 unspecified atom stereocenters. The quantitative estimate of drug-likeness (QED) is 0.577. The van der Waals surface area contributed by atoms with Gasteiger partial charge in [0.2, 0.25) is 0 Å². The number of ether oxygens (including phenoxy) is 2. The Kier molecular flexibility index (Phi) is 5.86. The Labute approximate surface area is 175 Å². The first-order valence-corrected chi connectivity index (χ1v) is 11.2. The van der Waals surface area contributed by atoms with E-state index in [1.807, 2.05) is 19.9 Å². The third kappa shape index (κ3) is 3.53. The van der Waals surface area contributed by atoms with Crippen LogP contribution in [0.5, 0.6) is 11.5 Å². The number of benzene rings is 2. The molecule has 0 amide bonds. The molecular weight excluding hydrogens is 420 g/mol. The Hall–Kier alpha value is -1.30. The fourth-order valence-electron chi connectivity index (χ4n) is 4.66. The lowest BCUT2D eigenvalue weighted by molar-refractivity contribution is 0.102. The number of aliphatic hydroxyl groups is 2. The zero-order chi connectivity index (χ0) is 19.8. The lowest BCUT2D eigenvalue weighted by Crippen LogP contribution is -2.19. The minimum absolute atomic E-state index is 0.302. The second-order valence-corrected chi connectivity index (χ2v) is 9.04. The van der Waals surface area contributed by atoms with Crippen molar-refractivity contribution in [1.82, 2.24) is 0 Å². The van der Waals surface area contributed by atoms with Crippen molar-refractivity contribution in [3.63, 3.8) is 0 Å². The summed E-state index contributed by atoms with van der Waals surface area (Å²) in [5, 5.41) is 22.2. The van der Waals surface area contributed by atoms with Gasteiger partial charge in [-0.1, -0.05) is 29.8 Å². The molecule has 5 heteroatoms. The molecule has 0 heterocycles. The van der Waals surface area contributed by atoms with E-state index < -0.39 is 12.2 Å². The zero-order valence-corrected chi connectivity index (χ0v) is 18.2. The van der Waals surface area contributed by atoms with Crippen LogP contribution in [0.15, 0.2) is 22.7 Å². The molecule has 1 saturated carbocycles. The van der Waals surface area contributed by atoms with Gasteiger partial charge < -0.3 is 19.7 Å². The van der Waals surface area contributed by atoms with Crippen LogP contribution in [-0.2, 0) is 0 Å². The second kappa shape index (κ2) is 8.21. The highest BCUT2D eigenvalue weighted by atomic mass is 79.9. The highest BCUT2D eigenvalue weighted by molar-refractivity contribution is 9.10.